The van der Waals surface area contributed by atoms with Crippen molar-refractivity contribution in [2.24, 2.45) is 0 Å². The summed E-state index contributed by atoms with van der Waals surface area (Å²) in [6.07, 6.45) is 1.19. The van der Waals surface area contributed by atoms with Crippen LogP contribution in [0.25, 0.3) is 0 Å². The minimum Gasteiger partial charge on any atom is -0.282 e. The van der Waals surface area contributed by atoms with Crippen molar-refractivity contribution in [1.29, 1.82) is 0 Å². The maximum Gasteiger partial charge on any atom is 0.0612 e. The fourth-order valence-corrected chi connectivity index (χ4v) is 1.95. The van der Waals surface area contributed by atoms with Gasteiger partial charge in [-0.25, -0.2) is 0 Å². The predicted octanol–water partition coefficient (Wildman–Crippen LogP) is 2.82. The minimum atomic E-state index is 0.495. The third kappa shape index (κ3) is 1.20. The molecule has 0 aliphatic carbocycles. The number of hydrogen-bond donors (Lipinski definition) is 0. The molecule has 0 spiro atoms. The summed E-state index contributed by atoms with van der Waals surface area (Å²) in [5, 5.41) is 4.60. The van der Waals surface area contributed by atoms with E-state index in [1.165, 1.54) is 17.7 Å². The van der Waals surface area contributed by atoms with Crippen molar-refractivity contribution in [3.05, 3.63) is 29.8 Å². The van der Waals surface area contributed by atoms with Crippen LogP contribution in [0.15, 0.2) is 24.3 Å². The molecule has 2 atom stereocenters. The molecule has 2 unspecified atom stereocenters. The van der Waals surface area contributed by atoms with Gasteiger partial charge in [0.05, 0.1) is 5.69 Å². The molecule has 1 aliphatic heterocycles. The number of fused-ring (bicyclic) bond motifs is 1. The lowest BCUT2D eigenvalue weighted by molar-refractivity contribution is 0.498. The fraction of sp³-hybridized carbons (Fsp3) is 0.455. The zero-order valence-electron chi connectivity index (χ0n) is 7.62. The van der Waals surface area contributed by atoms with E-state index in [1.54, 1.807) is 0 Å². The summed E-state index contributed by atoms with van der Waals surface area (Å²) >= 11 is 0. The first-order chi connectivity index (χ1) is 5.77. The number of benzene rings is 1. The maximum absolute atomic E-state index is 4.60. The predicted molar refractivity (Wildman–Crippen MR) is 50.7 cm³/mol. The van der Waals surface area contributed by atoms with E-state index in [9.17, 15) is 0 Å². The molecule has 1 heterocycles. The molecule has 1 aromatic rings. The Hall–Kier alpha value is -0.980. The molecule has 1 heteroatoms. The van der Waals surface area contributed by atoms with E-state index in [4.69, 9.17) is 0 Å². The van der Waals surface area contributed by atoms with Crippen LogP contribution in [0.3, 0.4) is 0 Å². The lowest BCUT2D eigenvalue weighted by Crippen LogP contribution is -2.23. The molecule has 0 amide bonds. The average Bonchev–Trinajstić information content (AvgIpc) is 2.04. The molecule has 1 aliphatic rings. The van der Waals surface area contributed by atoms with Crippen LogP contribution in [-0.2, 0) is 0 Å². The third-order valence-electron chi connectivity index (χ3n) is 2.52. The van der Waals surface area contributed by atoms with Gasteiger partial charge in [-0.3, -0.25) is 5.32 Å². The van der Waals surface area contributed by atoms with Gasteiger partial charge in [-0.1, -0.05) is 25.1 Å². The Morgan fingerprint density at radius 1 is 1.25 bits per heavy atom. The van der Waals surface area contributed by atoms with Crippen LogP contribution in [0.5, 0.6) is 0 Å². The molecule has 1 nitrogen and oxygen atoms in total. The zero-order chi connectivity index (χ0) is 8.55. The van der Waals surface area contributed by atoms with Gasteiger partial charge in [-0.2, -0.15) is 0 Å². The van der Waals surface area contributed by atoms with Gasteiger partial charge in [0.25, 0.3) is 0 Å². The van der Waals surface area contributed by atoms with Crippen molar-refractivity contribution >= 4 is 5.69 Å². The van der Waals surface area contributed by atoms with Crippen molar-refractivity contribution in [2.75, 3.05) is 0 Å². The number of hydrogen-bond acceptors (Lipinski definition) is 0. The molecular weight excluding hydrogens is 146 g/mol. The van der Waals surface area contributed by atoms with Crippen molar-refractivity contribution in [2.45, 2.75) is 32.2 Å². The average molecular weight is 160 g/mol. The molecule has 0 N–H and O–H groups in total. The fourth-order valence-electron chi connectivity index (χ4n) is 1.95. The topological polar surface area (TPSA) is 14.1 Å². The van der Waals surface area contributed by atoms with E-state index in [2.05, 4.69) is 43.4 Å². The first-order valence-corrected chi connectivity index (χ1v) is 4.57. The van der Waals surface area contributed by atoms with Gasteiger partial charge >= 0.3 is 0 Å². The van der Waals surface area contributed by atoms with Crippen molar-refractivity contribution in [1.82, 2.24) is 5.32 Å². The molecule has 0 bridgehead atoms. The van der Waals surface area contributed by atoms with E-state index in [0.717, 1.165) is 0 Å². The molecule has 1 aromatic carbocycles. The molecule has 2 rings (SSSR count). The van der Waals surface area contributed by atoms with Crippen LogP contribution in [-0.4, -0.2) is 6.04 Å². The van der Waals surface area contributed by atoms with Gasteiger partial charge in [0.2, 0.25) is 0 Å². The van der Waals surface area contributed by atoms with Crippen LogP contribution >= 0.6 is 0 Å². The van der Waals surface area contributed by atoms with Gasteiger partial charge in [0.15, 0.2) is 0 Å². The first-order valence-electron chi connectivity index (χ1n) is 4.57. The molecule has 1 radical (unpaired) electrons. The van der Waals surface area contributed by atoms with E-state index in [-0.39, 0.29) is 0 Å². The number of rotatable bonds is 0. The second-order valence-corrected chi connectivity index (χ2v) is 3.67. The Morgan fingerprint density at radius 3 is 2.83 bits per heavy atom. The highest BCUT2D eigenvalue weighted by Crippen LogP contribution is 2.33. The highest BCUT2D eigenvalue weighted by Gasteiger charge is 2.20. The number of nitrogens with zero attached hydrogens (tertiary/aromatic N) is 1. The zero-order valence-corrected chi connectivity index (χ0v) is 7.62. The van der Waals surface area contributed by atoms with Gasteiger partial charge < -0.3 is 0 Å². The van der Waals surface area contributed by atoms with Crippen molar-refractivity contribution in [3.8, 4) is 0 Å². The Labute approximate surface area is 73.8 Å². The molecule has 63 valence electrons. The summed E-state index contributed by atoms with van der Waals surface area (Å²) in [5.74, 6) is 0.675. The summed E-state index contributed by atoms with van der Waals surface area (Å²) in [5.41, 5.74) is 2.61. The van der Waals surface area contributed by atoms with E-state index < -0.39 is 0 Å². The SMILES string of the molecule is CC1CC(C)c2ccccc2[N]1. The highest BCUT2D eigenvalue weighted by molar-refractivity contribution is 5.48. The molecular formula is C11H14N. The Kier molecular flexibility index (Phi) is 1.80. The molecule has 0 saturated carbocycles. The molecule has 0 saturated heterocycles. The minimum absolute atomic E-state index is 0.495. The van der Waals surface area contributed by atoms with E-state index in [0.29, 0.717) is 12.0 Å². The molecule has 12 heavy (non-hydrogen) atoms. The lowest BCUT2D eigenvalue weighted by Gasteiger charge is -2.26. The van der Waals surface area contributed by atoms with Crippen LogP contribution in [0.1, 0.15) is 31.7 Å². The largest absolute Gasteiger partial charge is 0.282 e. The summed E-state index contributed by atoms with van der Waals surface area (Å²) < 4.78 is 0. The van der Waals surface area contributed by atoms with Gasteiger partial charge in [-0.05, 0) is 30.9 Å². The first kappa shape index (κ1) is 7.66. The Balaban J connectivity index is 2.40. The second-order valence-electron chi connectivity index (χ2n) is 3.67. The Bertz CT molecular complexity index is 280. The lowest BCUT2D eigenvalue weighted by atomic mass is 9.89. The number of para-hydroxylation sites is 1. The second kappa shape index (κ2) is 2.81. The van der Waals surface area contributed by atoms with Gasteiger partial charge in [0.1, 0.15) is 0 Å². The molecule has 0 aromatic heterocycles. The summed E-state index contributed by atoms with van der Waals surface area (Å²) in [4.78, 5) is 0. The van der Waals surface area contributed by atoms with Crippen LogP contribution in [0, 0.1) is 0 Å². The van der Waals surface area contributed by atoms with Crippen molar-refractivity contribution < 1.29 is 0 Å². The smallest absolute Gasteiger partial charge is 0.0612 e. The standard InChI is InChI=1S/C11H14N/c1-8-7-9(2)12-11-6-4-3-5-10(8)11/h3-6,8-9H,7H2,1-2H3. The van der Waals surface area contributed by atoms with Gasteiger partial charge in [-0.15, -0.1) is 0 Å². The van der Waals surface area contributed by atoms with E-state index in [1.807, 2.05) is 0 Å². The monoisotopic (exact) mass is 160 g/mol. The summed E-state index contributed by atoms with van der Waals surface area (Å²) in [7, 11) is 0. The van der Waals surface area contributed by atoms with Crippen molar-refractivity contribution in [3.63, 3.8) is 0 Å². The summed E-state index contributed by atoms with van der Waals surface area (Å²) in [6, 6.07) is 8.96. The Morgan fingerprint density at radius 2 is 2.00 bits per heavy atom. The molecule has 0 fully saturated rings. The normalized spacial score (nSPS) is 27.5. The van der Waals surface area contributed by atoms with Gasteiger partial charge in [0, 0.05) is 6.04 Å². The van der Waals surface area contributed by atoms with Crippen LogP contribution < -0.4 is 5.32 Å². The van der Waals surface area contributed by atoms with E-state index >= 15 is 0 Å². The maximum atomic E-state index is 4.60. The quantitative estimate of drug-likeness (QED) is 0.554. The van der Waals surface area contributed by atoms with Crippen LogP contribution in [0.2, 0.25) is 0 Å². The highest BCUT2D eigenvalue weighted by atomic mass is 14.9. The van der Waals surface area contributed by atoms with Crippen LogP contribution in [0.4, 0.5) is 5.69 Å². The third-order valence-corrected chi connectivity index (χ3v) is 2.52. The summed E-state index contributed by atoms with van der Waals surface area (Å²) in [6.45, 7) is 4.47.